The van der Waals surface area contributed by atoms with Crippen LogP contribution in [0.4, 0.5) is 22.1 Å². The second-order valence-electron chi connectivity index (χ2n) is 6.12. The van der Waals surface area contributed by atoms with E-state index >= 15 is 0 Å². The highest BCUT2D eigenvalue weighted by Crippen LogP contribution is 2.19. The number of nitrogens with zero attached hydrogens (tertiary/aromatic N) is 6. The van der Waals surface area contributed by atoms with Gasteiger partial charge in [0.05, 0.1) is 25.6 Å². The molecule has 0 spiro atoms. The van der Waals surface area contributed by atoms with Crippen LogP contribution >= 0.6 is 0 Å². The summed E-state index contributed by atoms with van der Waals surface area (Å²) in [7, 11) is 0. The third-order valence-electron chi connectivity index (χ3n) is 4.39. The van der Waals surface area contributed by atoms with E-state index in [4.69, 9.17) is 4.74 Å². The summed E-state index contributed by atoms with van der Waals surface area (Å²) < 4.78 is 18.3. The molecule has 25 heavy (non-hydrogen) atoms. The zero-order valence-electron chi connectivity index (χ0n) is 13.8. The number of rotatable bonds is 4. The van der Waals surface area contributed by atoms with Gasteiger partial charge in [-0.3, -0.25) is 0 Å². The highest BCUT2D eigenvalue weighted by molar-refractivity contribution is 5.44. The van der Waals surface area contributed by atoms with E-state index in [1.165, 1.54) is 12.4 Å². The van der Waals surface area contributed by atoms with Crippen molar-refractivity contribution in [2.75, 3.05) is 54.5 Å². The molecule has 4 heterocycles. The van der Waals surface area contributed by atoms with Gasteiger partial charge in [0.1, 0.15) is 5.82 Å². The minimum atomic E-state index is -0.425. The fraction of sp³-hybridized carbons (Fsp3) is 0.500. The Bertz CT molecular complexity index is 708. The SMILES string of the molecule is Fc1cnc(N2CCC(Nc3nccc(N4CCOCC4)n3)C2)nc1. The summed E-state index contributed by atoms with van der Waals surface area (Å²) in [4.78, 5) is 21.3. The first-order valence-electron chi connectivity index (χ1n) is 8.43. The number of hydrogen-bond donors (Lipinski definition) is 1. The largest absolute Gasteiger partial charge is 0.378 e. The van der Waals surface area contributed by atoms with E-state index in [2.05, 4.69) is 30.2 Å². The van der Waals surface area contributed by atoms with Gasteiger partial charge in [-0.25, -0.2) is 19.3 Å². The van der Waals surface area contributed by atoms with Crippen molar-refractivity contribution in [3.8, 4) is 0 Å². The molecule has 2 aliphatic heterocycles. The van der Waals surface area contributed by atoms with Crippen molar-refractivity contribution in [3.63, 3.8) is 0 Å². The van der Waals surface area contributed by atoms with E-state index in [1.807, 2.05) is 11.0 Å². The van der Waals surface area contributed by atoms with Crippen LogP contribution in [0.15, 0.2) is 24.7 Å². The number of halogens is 1. The molecule has 1 unspecified atom stereocenters. The fourth-order valence-corrected chi connectivity index (χ4v) is 3.10. The first-order valence-corrected chi connectivity index (χ1v) is 8.43. The number of ether oxygens (including phenoxy) is 1. The minimum Gasteiger partial charge on any atom is -0.378 e. The number of aromatic nitrogens is 4. The summed E-state index contributed by atoms with van der Waals surface area (Å²) in [6.45, 7) is 4.68. The molecule has 4 rings (SSSR count). The van der Waals surface area contributed by atoms with Crippen LogP contribution < -0.4 is 15.1 Å². The van der Waals surface area contributed by atoms with Crippen molar-refractivity contribution in [1.29, 1.82) is 0 Å². The van der Waals surface area contributed by atoms with Crippen LogP contribution in [0.25, 0.3) is 0 Å². The molecular weight excluding hydrogens is 325 g/mol. The molecule has 2 fully saturated rings. The molecule has 0 bridgehead atoms. The van der Waals surface area contributed by atoms with Crippen molar-refractivity contribution in [3.05, 3.63) is 30.5 Å². The second-order valence-corrected chi connectivity index (χ2v) is 6.12. The molecule has 0 aliphatic carbocycles. The van der Waals surface area contributed by atoms with Gasteiger partial charge < -0.3 is 19.9 Å². The predicted molar refractivity (Wildman–Crippen MR) is 91.3 cm³/mol. The predicted octanol–water partition coefficient (Wildman–Crippen LogP) is 0.933. The van der Waals surface area contributed by atoms with Gasteiger partial charge in [-0.15, -0.1) is 0 Å². The third-order valence-corrected chi connectivity index (χ3v) is 4.39. The average molecular weight is 345 g/mol. The van der Waals surface area contributed by atoms with Gasteiger partial charge in [0.15, 0.2) is 5.82 Å². The summed E-state index contributed by atoms with van der Waals surface area (Å²) in [6.07, 6.45) is 5.08. The Hall–Kier alpha value is -2.55. The molecule has 2 saturated heterocycles. The van der Waals surface area contributed by atoms with Crippen LogP contribution in [-0.4, -0.2) is 65.4 Å². The van der Waals surface area contributed by atoms with Gasteiger partial charge >= 0.3 is 0 Å². The third kappa shape index (κ3) is 3.76. The maximum Gasteiger partial charge on any atom is 0.225 e. The highest BCUT2D eigenvalue weighted by atomic mass is 19.1. The fourth-order valence-electron chi connectivity index (χ4n) is 3.10. The Morgan fingerprint density at radius 2 is 1.88 bits per heavy atom. The lowest BCUT2D eigenvalue weighted by molar-refractivity contribution is 0.122. The molecule has 0 radical (unpaired) electrons. The van der Waals surface area contributed by atoms with Crippen molar-refractivity contribution in [2.45, 2.75) is 12.5 Å². The Labute approximate surface area is 145 Å². The van der Waals surface area contributed by atoms with Crippen molar-refractivity contribution in [1.82, 2.24) is 19.9 Å². The minimum absolute atomic E-state index is 0.202. The van der Waals surface area contributed by atoms with E-state index < -0.39 is 5.82 Å². The van der Waals surface area contributed by atoms with Crippen molar-refractivity contribution < 1.29 is 9.13 Å². The Balaban J connectivity index is 1.38. The van der Waals surface area contributed by atoms with Gasteiger partial charge in [0.25, 0.3) is 0 Å². The standard InChI is InChI=1S/C16H20FN7O/c17-12-9-19-16(20-10-12)24-4-2-13(11-24)21-15-18-3-1-14(22-15)23-5-7-25-8-6-23/h1,3,9-10,13H,2,4-8,11H2,(H,18,21,22). The maximum absolute atomic E-state index is 12.9. The summed E-state index contributed by atoms with van der Waals surface area (Å²) in [5, 5.41) is 3.38. The smallest absolute Gasteiger partial charge is 0.225 e. The topological polar surface area (TPSA) is 79.3 Å². The second kappa shape index (κ2) is 7.14. The lowest BCUT2D eigenvalue weighted by Gasteiger charge is -2.28. The quantitative estimate of drug-likeness (QED) is 0.877. The highest BCUT2D eigenvalue weighted by Gasteiger charge is 2.25. The molecule has 2 aliphatic rings. The van der Waals surface area contributed by atoms with Gasteiger partial charge in [-0.1, -0.05) is 0 Å². The molecule has 9 heteroatoms. The monoisotopic (exact) mass is 345 g/mol. The lowest BCUT2D eigenvalue weighted by atomic mass is 10.3. The van der Waals surface area contributed by atoms with Crippen LogP contribution in [-0.2, 0) is 4.74 Å². The Morgan fingerprint density at radius 3 is 2.68 bits per heavy atom. The van der Waals surface area contributed by atoms with Crippen LogP contribution in [0.1, 0.15) is 6.42 Å². The molecule has 132 valence electrons. The summed E-state index contributed by atoms with van der Waals surface area (Å²) in [6, 6.07) is 2.12. The molecule has 1 N–H and O–H groups in total. The lowest BCUT2D eigenvalue weighted by Crippen LogP contribution is -2.37. The summed E-state index contributed by atoms with van der Waals surface area (Å²) in [5.74, 6) is 1.66. The number of nitrogens with one attached hydrogen (secondary N) is 1. The van der Waals surface area contributed by atoms with Crippen LogP contribution in [0.3, 0.4) is 0 Å². The molecule has 8 nitrogen and oxygen atoms in total. The maximum atomic E-state index is 12.9. The Kier molecular flexibility index (Phi) is 4.55. The van der Waals surface area contributed by atoms with Crippen LogP contribution in [0.5, 0.6) is 0 Å². The average Bonchev–Trinajstić information content (AvgIpc) is 3.12. The van der Waals surface area contributed by atoms with E-state index in [0.717, 1.165) is 51.6 Å². The zero-order valence-corrected chi connectivity index (χ0v) is 13.8. The van der Waals surface area contributed by atoms with E-state index in [-0.39, 0.29) is 6.04 Å². The normalized spacial score (nSPS) is 20.8. The molecule has 2 aromatic heterocycles. The van der Waals surface area contributed by atoms with E-state index in [1.54, 1.807) is 6.20 Å². The van der Waals surface area contributed by atoms with Crippen LogP contribution in [0.2, 0.25) is 0 Å². The summed E-state index contributed by atoms with van der Waals surface area (Å²) in [5.41, 5.74) is 0. The summed E-state index contributed by atoms with van der Waals surface area (Å²) >= 11 is 0. The number of anilines is 3. The molecule has 0 aromatic carbocycles. The first kappa shape index (κ1) is 15.9. The van der Waals surface area contributed by atoms with Gasteiger partial charge in [0, 0.05) is 38.4 Å². The van der Waals surface area contributed by atoms with E-state index in [9.17, 15) is 4.39 Å². The molecule has 2 aromatic rings. The van der Waals surface area contributed by atoms with Gasteiger partial charge in [0.2, 0.25) is 11.9 Å². The first-order chi connectivity index (χ1) is 12.3. The molecule has 1 atom stereocenters. The van der Waals surface area contributed by atoms with Crippen LogP contribution in [0, 0.1) is 5.82 Å². The number of hydrogen-bond acceptors (Lipinski definition) is 8. The van der Waals surface area contributed by atoms with Gasteiger partial charge in [-0.05, 0) is 12.5 Å². The van der Waals surface area contributed by atoms with Crippen molar-refractivity contribution >= 4 is 17.7 Å². The zero-order chi connectivity index (χ0) is 17.1. The number of morpholine rings is 1. The molecular formula is C16H20FN7O. The van der Waals surface area contributed by atoms with Crippen molar-refractivity contribution in [2.24, 2.45) is 0 Å². The Morgan fingerprint density at radius 1 is 1.08 bits per heavy atom. The molecule has 0 saturated carbocycles. The van der Waals surface area contributed by atoms with Gasteiger partial charge in [-0.2, -0.15) is 4.98 Å². The van der Waals surface area contributed by atoms with E-state index in [0.29, 0.717) is 11.9 Å². The molecule has 0 amide bonds.